The van der Waals surface area contributed by atoms with Crippen molar-refractivity contribution < 1.29 is 9.47 Å². The Morgan fingerprint density at radius 2 is 2.00 bits per heavy atom. The predicted molar refractivity (Wildman–Crippen MR) is 64.8 cm³/mol. The summed E-state index contributed by atoms with van der Waals surface area (Å²) in [5.41, 5.74) is 0.985. The molecule has 0 aromatic rings. The first-order chi connectivity index (χ1) is 7.46. The average Bonchev–Trinajstić information content (AvgIpc) is 2.93. The maximum atomic E-state index is 6.05. The Morgan fingerprint density at radius 3 is 2.56 bits per heavy atom. The summed E-state index contributed by atoms with van der Waals surface area (Å²) in [5.74, 6) is 0. The zero-order valence-corrected chi connectivity index (χ0v) is 10.6. The van der Waals surface area contributed by atoms with Crippen molar-refractivity contribution in [2.24, 2.45) is 4.99 Å². The minimum atomic E-state index is -0.157. The highest BCUT2D eigenvalue weighted by molar-refractivity contribution is 5.67. The largest absolute Gasteiger partial charge is 0.366 e. The van der Waals surface area contributed by atoms with E-state index >= 15 is 0 Å². The van der Waals surface area contributed by atoms with Crippen LogP contribution in [0.2, 0.25) is 0 Å². The molecule has 3 nitrogen and oxygen atoms in total. The fourth-order valence-electron chi connectivity index (χ4n) is 1.73. The van der Waals surface area contributed by atoms with Gasteiger partial charge in [-0.1, -0.05) is 0 Å². The van der Waals surface area contributed by atoms with Gasteiger partial charge in [-0.15, -0.1) is 0 Å². The SMILES string of the molecule is CC1=CN=CC(OC2CC2)C1OC(C)(C)C. The number of aliphatic imine (C=N–C) groups is 1. The lowest BCUT2D eigenvalue weighted by Crippen LogP contribution is -2.41. The van der Waals surface area contributed by atoms with E-state index in [4.69, 9.17) is 9.47 Å². The zero-order chi connectivity index (χ0) is 11.8. The summed E-state index contributed by atoms with van der Waals surface area (Å²) in [4.78, 5) is 4.21. The van der Waals surface area contributed by atoms with E-state index in [0.717, 1.165) is 5.57 Å². The molecule has 0 bridgehead atoms. The predicted octanol–water partition coefficient (Wildman–Crippen LogP) is 2.71. The van der Waals surface area contributed by atoms with Crippen LogP contribution in [0.25, 0.3) is 0 Å². The third-order valence-corrected chi connectivity index (χ3v) is 2.61. The van der Waals surface area contributed by atoms with Crippen LogP contribution in [-0.2, 0) is 9.47 Å². The molecule has 3 heteroatoms. The van der Waals surface area contributed by atoms with Crippen LogP contribution in [0.4, 0.5) is 0 Å². The molecule has 0 spiro atoms. The second-order valence-corrected chi connectivity index (χ2v) is 5.62. The van der Waals surface area contributed by atoms with Crippen LogP contribution in [0, 0.1) is 0 Å². The van der Waals surface area contributed by atoms with Crippen LogP contribution in [0.15, 0.2) is 16.8 Å². The van der Waals surface area contributed by atoms with Crippen molar-refractivity contribution in [2.45, 2.75) is 64.4 Å². The average molecular weight is 223 g/mol. The van der Waals surface area contributed by atoms with Crippen molar-refractivity contribution in [1.82, 2.24) is 0 Å². The van der Waals surface area contributed by atoms with E-state index in [2.05, 4.69) is 32.7 Å². The number of rotatable bonds is 3. The molecule has 1 heterocycles. The molecule has 0 N–H and O–H groups in total. The molecule has 2 aliphatic rings. The molecular formula is C13H21NO2. The summed E-state index contributed by atoms with van der Waals surface area (Å²) in [6.07, 6.45) is 6.50. The molecular weight excluding hydrogens is 202 g/mol. The lowest BCUT2D eigenvalue weighted by atomic mass is 10.0. The van der Waals surface area contributed by atoms with Gasteiger partial charge in [-0.05, 0) is 46.1 Å². The van der Waals surface area contributed by atoms with Gasteiger partial charge in [0.1, 0.15) is 12.2 Å². The maximum absolute atomic E-state index is 6.05. The van der Waals surface area contributed by atoms with Gasteiger partial charge in [0.2, 0.25) is 0 Å². The third-order valence-electron chi connectivity index (χ3n) is 2.61. The van der Waals surface area contributed by atoms with Gasteiger partial charge >= 0.3 is 0 Å². The molecule has 16 heavy (non-hydrogen) atoms. The summed E-state index contributed by atoms with van der Waals surface area (Å²) in [7, 11) is 0. The zero-order valence-electron chi connectivity index (χ0n) is 10.6. The Hall–Kier alpha value is -0.670. The van der Waals surface area contributed by atoms with Crippen LogP contribution >= 0.6 is 0 Å². The standard InChI is InChI=1S/C13H21NO2/c1-9-7-14-8-11(15-10-5-6-10)12(9)16-13(2,3)4/h7-8,10-12H,5-6H2,1-4H3. The minimum Gasteiger partial charge on any atom is -0.366 e. The Morgan fingerprint density at radius 1 is 1.31 bits per heavy atom. The van der Waals surface area contributed by atoms with Crippen LogP contribution in [0.5, 0.6) is 0 Å². The van der Waals surface area contributed by atoms with Crippen molar-refractivity contribution in [3.05, 3.63) is 11.8 Å². The van der Waals surface area contributed by atoms with Gasteiger partial charge in [-0.25, -0.2) is 0 Å². The van der Waals surface area contributed by atoms with Gasteiger partial charge in [0.25, 0.3) is 0 Å². The highest BCUT2D eigenvalue weighted by Gasteiger charge is 2.34. The topological polar surface area (TPSA) is 30.8 Å². The van der Waals surface area contributed by atoms with Crippen molar-refractivity contribution in [2.75, 3.05) is 0 Å². The number of nitrogens with zero attached hydrogens (tertiary/aromatic N) is 1. The second kappa shape index (κ2) is 4.30. The maximum Gasteiger partial charge on any atom is 0.123 e. The monoisotopic (exact) mass is 223 g/mol. The Labute approximate surface area is 97.5 Å². The van der Waals surface area contributed by atoms with Crippen molar-refractivity contribution in [3.63, 3.8) is 0 Å². The van der Waals surface area contributed by atoms with Crippen molar-refractivity contribution in [3.8, 4) is 0 Å². The lowest BCUT2D eigenvalue weighted by molar-refractivity contribution is -0.0958. The molecule has 0 aromatic heterocycles. The fourth-order valence-corrected chi connectivity index (χ4v) is 1.73. The molecule has 1 fully saturated rings. The first-order valence-corrected chi connectivity index (χ1v) is 5.99. The fraction of sp³-hybridized carbons (Fsp3) is 0.769. The summed E-state index contributed by atoms with van der Waals surface area (Å²) >= 11 is 0. The van der Waals surface area contributed by atoms with E-state index in [1.54, 1.807) is 0 Å². The summed E-state index contributed by atoms with van der Waals surface area (Å²) < 4.78 is 12.0. The van der Waals surface area contributed by atoms with Crippen LogP contribution < -0.4 is 0 Å². The van der Waals surface area contributed by atoms with E-state index in [-0.39, 0.29) is 17.8 Å². The lowest BCUT2D eigenvalue weighted by Gasteiger charge is -2.33. The van der Waals surface area contributed by atoms with Gasteiger partial charge in [-0.2, -0.15) is 0 Å². The molecule has 1 saturated carbocycles. The quantitative estimate of drug-likeness (QED) is 0.736. The molecule has 2 rings (SSSR count). The first-order valence-electron chi connectivity index (χ1n) is 5.99. The number of hydrogen-bond donors (Lipinski definition) is 0. The van der Waals surface area contributed by atoms with Gasteiger partial charge in [0, 0.05) is 12.4 Å². The normalized spacial score (nSPS) is 30.4. The molecule has 2 atom stereocenters. The molecule has 1 aliphatic heterocycles. The molecule has 0 amide bonds. The van der Waals surface area contributed by atoms with Gasteiger partial charge in [0.05, 0.1) is 11.7 Å². The van der Waals surface area contributed by atoms with E-state index in [1.165, 1.54) is 12.8 Å². The molecule has 0 aromatic carbocycles. The molecule has 90 valence electrons. The molecule has 0 radical (unpaired) electrons. The highest BCUT2D eigenvalue weighted by Crippen LogP contribution is 2.29. The van der Waals surface area contributed by atoms with E-state index in [0.29, 0.717) is 6.10 Å². The van der Waals surface area contributed by atoms with Crippen LogP contribution in [0.3, 0.4) is 0 Å². The van der Waals surface area contributed by atoms with Gasteiger partial charge < -0.3 is 9.47 Å². The Bertz CT molecular complexity index is 310. The van der Waals surface area contributed by atoms with E-state index in [1.807, 2.05) is 12.4 Å². The van der Waals surface area contributed by atoms with Gasteiger partial charge in [0.15, 0.2) is 0 Å². The number of hydrogen-bond acceptors (Lipinski definition) is 3. The summed E-state index contributed by atoms with van der Waals surface area (Å²) in [6, 6.07) is 0. The molecule has 2 unspecified atom stereocenters. The summed E-state index contributed by atoms with van der Waals surface area (Å²) in [6.45, 7) is 8.26. The van der Waals surface area contributed by atoms with Crippen molar-refractivity contribution >= 4 is 6.21 Å². The Kier molecular flexibility index (Phi) is 3.17. The van der Waals surface area contributed by atoms with E-state index < -0.39 is 0 Å². The smallest absolute Gasteiger partial charge is 0.123 e. The second-order valence-electron chi connectivity index (χ2n) is 5.62. The van der Waals surface area contributed by atoms with Gasteiger partial charge in [-0.3, -0.25) is 4.99 Å². The van der Waals surface area contributed by atoms with E-state index in [9.17, 15) is 0 Å². The number of ether oxygens (including phenoxy) is 2. The minimum absolute atomic E-state index is 0.0121. The van der Waals surface area contributed by atoms with Crippen LogP contribution in [-0.4, -0.2) is 30.1 Å². The van der Waals surface area contributed by atoms with Crippen molar-refractivity contribution in [1.29, 1.82) is 0 Å². The Balaban J connectivity index is 2.03. The first kappa shape index (κ1) is 11.8. The van der Waals surface area contributed by atoms with Crippen LogP contribution in [0.1, 0.15) is 40.5 Å². The highest BCUT2D eigenvalue weighted by atomic mass is 16.6. The third kappa shape index (κ3) is 3.16. The summed E-state index contributed by atoms with van der Waals surface area (Å²) in [5, 5.41) is 0. The molecule has 0 saturated heterocycles. The molecule has 1 aliphatic carbocycles.